The Labute approximate surface area is 156 Å². The highest BCUT2D eigenvalue weighted by molar-refractivity contribution is 7.80. The van der Waals surface area contributed by atoms with E-state index in [4.69, 9.17) is 4.74 Å². The monoisotopic (exact) mass is 356 g/mol. The summed E-state index contributed by atoms with van der Waals surface area (Å²) in [7, 11) is 0. The number of ether oxygens (including phenoxy) is 1. The van der Waals surface area contributed by atoms with Crippen LogP contribution in [-0.4, -0.2) is 12.4 Å². The number of unbranched alkanes of at least 4 members (excludes halogenated alkanes) is 6. The van der Waals surface area contributed by atoms with Gasteiger partial charge in [-0.15, -0.1) is 0 Å². The Bertz CT molecular complexity index is 599. The lowest BCUT2D eigenvalue weighted by molar-refractivity contribution is 0.304. The van der Waals surface area contributed by atoms with E-state index in [9.17, 15) is 0 Å². The summed E-state index contributed by atoms with van der Waals surface area (Å²) >= 11 is 4.23. The quantitative estimate of drug-likeness (QED) is 0.245. The predicted molar refractivity (Wildman–Crippen MR) is 109 cm³/mol. The minimum atomic E-state index is 0.779. The normalized spacial score (nSPS) is 11.1. The largest absolute Gasteiger partial charge is 0.494 e. The lowest BCUT2D eigenvalue weighted by Crippen LogP contribution is -1.96. The van der Waals surface area contributed by atoms with E-state index >= 15 is 0 Å². The molecule has 0 fully saturated rings. The third-order valence-electron chi connectivity index (χ3n) is 3.95. The van der Waals surface area contributed by atoms with Gasteiger partial charge in [0.25, 0.3) is 0 Å². The van der Waals surface area contributed by atoms with Crippen molar-refractivity contribution in [2.24, 2.45) is 10.2 Å². The van der Waals surface area contributed by atoms with Gasteiger partial charge in [-0.05, 0) is 55.0 Å². The molecule has 0 aliphatic carbocycles. The fourth-order valence-electron chi connectivity index (χ4n) is 2.51. The molecular weight excluding hydrogens is 328 g/mol. The summed E-state index contributed by atoms with van der Waals surface area (Å²) in [5, 5.41) is 8.44. The van der Waals surface area contributed by atoms with Crippen LogP contribution in [0.3, 0.4) is 0 Å². The highest BCUT2D eigenvalue weighted by Crippen LogP contribution is 2.21. The Hall–Kier alpha value is -1.81. The molecule has 0 N–H and O–H groups in total. The van der Waals surface area contributed by atoms with Crippen LogP contribution in [0.5, 0.6) is 5.75 Å². The zero-order chi connectivity index (χ0) is 17.6. The van der Waals surface area contributed by atoms with Crippen molar-refractivity contribution in [2.75, 3.05) is 12.4 Å². The summed E-state index contributed by atoms with van der Waals surface area (Å²) in [4.78, 5) is 0. The van der Waals surface area contributed by atoms with E-state index in [1.54, 1.807) is 0 Å². The Morgan fingerprint density at radius 2 is 1.20 bits per heavy atom. The number of benzene rings is 2. The third-order valence-corrected chi connectivity index (χ3v) is 4.26. The van der Waals surface area contributed by atoms with Crippen LogP contribution < -0.4 is 4.74 Å². The Morgan fingerprint density at radius 1 is 0.640 bits per heavy atom. The molecule has 0 radical (unpaired) electrons. The molecule has 0 aromatic heterocycles. The number of hydrogen-bond donors (Lipinski definition) is 1. The van der Waals surface area contributed by atoms with Gasteiger partial charge in [-0.2, -0.15) is 22.9 Å². The maximum absolute atomic E-state index is 5.79. The first-order chi connectivity index (χ1) is 12.4. The van der Waals surface area contributed by atoms with Gasteiger partial charge in [0.15, 0.2) is 0 Å². The first-order valence-electron chi connectivity index (χ1n) is 9.19. The number of hydrogen-bond acceptors (Lipinski definition) is 4. The summed E-state index contributed by atoms with van der Waals surface area (Å²) in [5.41, 5.74) is 1.69. The Morgan fingerprint density at radius 3 is 1.84 bits per heavy atom. The van der Waals surface area contributed by atoms with Crippen LogP contribution in [0.2, 0.25) is 0 Å². The highest BCUT2D eigenvalue weighted by Gasteiger charge is 1.96. The molecule has 2 rings (SSSR count). The average Bonchev–Trinajstić information content (AvgIpc) is 2.67. The average molecular weight is 357 g/mol. The van der Waals surface area contributed by atoms with E-state index in [2.05, 4.69) is 22.9 Å². The van der Waals surface area contributed by atoms with Gasteiger partial charge in [-0.3, -0.25) is 0 Å². The fourth-order valence-corrected chi connectivity index (χ4v) is 2.73. The van der Waals surface area contributed by atoms with Gasteiger partial charge >= 0.3 is 0 Å². The molecule has 2 aromatic carbocycles. The lowest BCUT2D eigenvalue weighted by Gasteiger charge is -2.06. The fraction of sp³-hybridized carbons (Fsp3) is 0.429. The maximum atomic E-state index is 5.79. The zero-order valence-corrected chi connectivity index (χ0v) is 15.7. The van der Waals surface area contributed by atoms with Crippen molar-refractivity contribution in [3.8, 4) is 5.75 Å². The SMILES string of the molecule is SCCCCCCCCCOc1ccc(N=Nc2ccccc2)cc1. The molecule has 0 spiro atoms. The van der Waals surface area contributed by atoms with E-state index in [0.29, 0.717) is 0 Å². The van der Waals surface area contributed by atoms with Crippen LogP contribution in [0.15, 0.2) is 64.8 Å². The summed E-state index contributed by atoms with van der Waals surface area (Å²) in [6.45, 7) is 0.779. The molecule has 0 aliphatic heterocycles. The lowest BCUT2D eigenvalue weighted by atomic mass is 10.1. The first-order valence-corrected chi connectivity index (χ1v) is 9.82. The van der Waals surface area contributed by atoms with Gasteiger partial charge in [0.1, 0.15) is 5.75 Å². The number of rotatable bonds is 12. The molecule has 2 aromatic rings. The van der Waals surface area contributed by atoms with E-state index in [1.807, 2.05) is 54.6 Å². The Kier molecular flexibility index (Phi) is 9.79. The smallest absolute Gasteiger partial charge is 0.119 e. The predicted octanol–water partition coefficient (Wildman–Crippen LogP) is 7.14. The summed E-state index contributed by atoms with van der Waals surface area (Å²) in [6, 6.07) is 17.5. The summed E-state index contributed by atoms with van der Waals surface area (Å²) in [5.74, 6) is 1.91. The number of nitrogens with zero attached hydrogens (tertiary/aromatic N) is 2. The molecule has 0 unspecified atom stereocenters. The molecule has 134 valence electrons. The van der Waals surface area contributed by atoms with Gasteiger partial charge in [0.05, 0.1) is 18.0 Å². The van der Waals surface area contributed by atoms with Crippen LogP contribution in [0.25, 0.3) is 0 Å². The van der Waals surface area contributed by atoms with Gasteiger partial charge in [0.2, 0.25) is 0 Å². The molecule has 0 amide bonds. The molecule has 0 aliphatic rings. The minimum Gasteiger partial charge on any atom is -0.494 e. The van der Waals surface area contributed by atoms with E-state index < -0.39 is 0 Å². The van der Waals surface area contributed by atoms with Crippen LogP contribution in [0.1, 0.15) is 44.9 Å². The van der Waals surface area contributed by atoms with Gasteiger partial charge in [-0.1, -0.05) is 50.3 Å². The minimum absolute atomic E-state index is 0.779. The van der Waals surface area contributed by atoms with Crippen molar-refractivity contribution >= 4 is 24.0 Å². The molecule has 0 bridgehead atoms. The topological polar surface area (TPSA) is 34.0 Å². The molecule has 0 heterocycles. The van der Waals surface area contributed by atoms with Crippen molar-refractivity contribution in [1.82, 2.24) is 0 Å². The number of thiol groups is 1. The second-order valence-corrected chi connectivity index (χ2v) is 6.52. The summed E-state index contributed by atoms with van der Waals surface area (Å²) < 4.78 is 5.79. The van der Waals surface area contributed by atoms with Crippen molar-refractivity contribution < 1.29 is 4.74 Å². The van der Waals surface area contributed by atoms with Crippen LogP contribution >= 0.6 is 12.6 Å². The molecule has 4 heteroatoms. The Balaban J connectivity index is 1.60. The second-order valence-electron chi connectivity index (χ2n) is 6.08. The molecular formula is C21H28N2OS. The van der Waals surface area contributed by atoms with Crippen molar-refractivity contribution in [3.05, 3.63) is 54.6 Å². The van der Waals surface area contributed by atoms with Crippen molar-refractivity contribution in [2.45, 2.75) is 44.9 Å². The van der Waals surface area contributed by atoms with E-state index in [0.717, 1.165) is 35.9 Å². The van der Waals surface area contributed by atoms with E-state index in [-0.39, 0.29) is 0 Å². The van der Waals surface area contributed by atoms with Gasteiger partial charge in [0, 0.05) is 0 Å². The van der Waals surface area contributed by atoms with Crippen molar-refractivity contribution in [3.63, 3.8) is 0 Å². The molecule has 3 nitrogen and oxygen atoms in total. The molecule has 0 saturated carbocycles. The maximum Gasteiger partial charge on any atom is 0.119 e. The third kappa shape index (κ3) is 8.73. The zero-order valence-electron chi connectivity index (χ0n) is 14.8. The van der Waals surface area contributed by atoms with Crippen molar-refractivity contribution in [1.29, 1.82) is 0 Å². The molecule has 0 atom stereocenters. The van der Waals surface area contributed by atoms with Crippen LogP contribution in [0, 0.1) is 0 Å². The summed E-state index contributed by atoms with van der Waals surface area (Å²) in [6.07, 6.45) is 8.87. The highest BCUT2D eigenvalue weighted by atomic mass is 32.1. The second kappa shape index (κ2) is 12.5. The first kappa shape index (κ1) is 19.5. The van der Waals surface area contributed by atoms with Gasteiger partial charge < -0.3 is 4.74 Å². The van der Waals surface area contributed by atoms with Gasteiger partial charge in [-0.25, -0.2) is 0 Å². The van der Waals surface area contributed by atoms with Crippen LogP contribution in [-0.2, 0) is 0 Å². The van der Waals surface area contributed by atoms with E-state index in [1.165, 1.54) is 38.5 Å². The molecule has 25 heavy (non-hydrogen) atoms. The molecule has 0 saturated heterocycles. The van der Waals surface area contributed by atoms with Crippen LogP contribution in [0.4, 0.5) is 11.4 Å². The standard InChI is InChI=1S/C21H28N2OS/c25-18-10-5-3-1-2-4-9-17-24-21-15-13-20(14-16-21)23-22-19-11-7-6-8-12-19/h6-8,11-16,25H,1-5,9-10,17-18H2. The number of azo groups is 1.